The van der Waals surface area contributed by atoms with E-state index in [0.717, 1.165) is 5.56 Å². The zero-order valence-corrected chi connectivity index (χ0v) is 15.4. The van der Waals surface area contributed by atoms with Crippen LogP contribution in [0, 0.1) is 6.92 Å². The van der Waals surface area contributed by atoms with Gasteiger partial charge in [0.1, 0.15) is 18.1 Å². The van der Waals surface area contributed by atoms with Gasteiger partial charge in [-0.3, -0.25) is 18.6 Å². The molecule has 1 amide bonds. The van der Waals surface area contributed by atoms with Crippen molar-refractivity contribution in [3.63, 3.8) is 0 Å². The molecule has 3 heterocycles. The molecule has 0 spiro atoms. The first-order chi connectivity index (χ1) is 13.6. The molecule has 0 saturated carbocycles. The maximum atomic E-state index is 12.9. The van der Waals surface area contributed by atoms with Gasteiger partial charge in [-0.2, -0.15) is 0 Å². The van der Waals surface area contributed by atoms with Crippen LogP contribution in [-0.2, 0) is 17.9 Å². The summed E-state index contributed by atoms with van der Waals surface area (Å²) in [4.78, 5) is 29.7. The molecular weight excluding hydrogens is 360 g/mol. The van der Waals surface area contributed by atoms with Crippen LogP contribution in [0.2, 0.25) is 0 Å². The minimum Gasteiger partial charge on any atom is -0.497 e. The van der Waals surface area contributed by atoms with Crippen molar-refractivity contribution in [2.24, 2.45) is 0 Å². The van der Waals surface area contributed by atoms with Crippen LogP contribution in [-0.4, -0.2) is 37.2 Å². The van der Waals surface area contributed by atoms with E-state index in [-0.39, 0.29) is 18.1 Å². The van der Waals surface area contributed by atoms with Crippen molar-refractivity contribution in [3.05, 3.63) is 64.3 Å². The minimum atomic E-state index is -0.391. The van der Waals surface area contributed by atoms with E-state index in [9.17, 15) is 9.59 Å². The van der Waals surface area contributed by atoms with Gasteiger partial charge in [0.15, 0.2) is 5.65 Å². The molecule has 0 atom stereocenters. The Balaban J connectivity index is 1.64. The summed E-state index contributed by atoms with van der Waals surface area (Å²) in [5, 5.41) is 10.7. The largest absolute Gasteiger partial charge is 0.497 e. The number of benzene rings is 1. The Labute approximate surface area is 159 Å². The Bertz CT molecular complexity index is 1240. The van der Waals surface area contributed by atoms with Crippen molar-refractivity contribution < 1.29 is 9.53 Å². The first-order valence-electron chi connectivity index (χ1n) is 8.67. The fourth-order valence-electron chi connectivity index (χ4n) is 3.10. The van der Waals surface area contributed by atoms with Gasteiger partial charge in [-0.25, -0.2) is 4.98 Å². The molecule has 0 bridgehead atoms. The SMILES string of the molecule is COc1cccc(CNC(=O)Cn2c(=O)c3nnc(C)n3c3ncccc32)c1. The summed E-state index contributed by atoms with van der Waals surface area (Å²) < 4.78 is 8.15. The molecule has 4 rings (SSSR count). The van der Waals surface area contributed by atoms with E-state index in [4.69, 9.17) is 4.74 Å². The molecule has 9 heteroatoms. The number of nitrogens with zero attached hydrogens (tertiary/aromatic N) is 5. The average molecular weight is 378 g/mol. The smallest absolute Gasteiger partial charge is 0.297 e. The number of hydrogen-bond acceptors (Lipinski definition) is 6. The number of aromatic nitrogens is 5. The van der Waals surface area contributed by atoms with Crippen molar-refractivity contribution >= 4 is 22.7 Å². The highest BCUT2D eigenvalue weighted by atomic mass is 16.5. The van der Waals surface area contributed by atoms with Crippen LogP contribution in [0.25, 0.3) is 16.8 Å². The zero-order chi connectivity index (χ0) is 19.7. The fraction of sp³-hybridized carbons (Fsp3) is 0.211. The molecular formula is C19H18N6O3. The lowest BCUT2D eigenvalue weighted by atomic mass is 10.2. The first kappa shape index (κ1) is 17.7. The third-order valence-corrected chi connectivity index (χ3v) is 4.46. The molecule has 0 unspecified atom stereocenters. The first-order valence-corrected chi connectivity index (χ1v) is 8.67. The van der Waals surface area contributed by atoms with E-state index in [1.807, 2.05) is 24.3 Å². The third kappa shape index (κ3) is 3.07. The highest BCUT2D eigenvalue weighted by molar-refractivity contribution is 5.80. The molecule has 0 fully saturated rings. The van der Waals surface area contributed by atoms with Crippen LogP contribution in [0.4, 0.5) is 0 Å². The zero-order valence-electron chi connectivity index (χ0n) is 15.4. The predicted octanol–water partition coefficient (Wildman–Crippen LogP) is 1.07. The molecule has 142 valence electrons. The lowest BCUT2D eigenvalue weighted by molar-refractivity contribution is -0.121. The minimum absolute atomic E-state index is 0.143. The Hall–Kier alpha value is -3.75. The standard InChI is InChI=1S/C19H18N6O3/c1-12-22-23-18-19(27)24(15-7-4-8-20-17(15)25(12)18)11-16(26)21-10-13-5-3-6-14(9-13)28-2/h3-9H,10-11H2,1-2H3,(H,21,26). The Morgan fingerprint density at radius 3 is 2.86 bits per heavy atom. The number of methoxy groups -OCH3 is 1. The molecule has 0 saturated heterocycles. The molecule has 1 aromatic carbocycles. The molecule has 0 aliphatic rings. The van der Waals surface area contributed by atoms with Crippen LogP contribution >= 0.6 is 0 Å². The number of nitrogens with one attached hydrogen (secondary N) is 1. The van der Waals surface area contributed by atoms with Gasteiger partial charge in [0.25, 0.3) is 5.56 Å². The number of aryl methyl sites for hydroxylation is 1. The summed E-state index contributed by atoms with van der Waals surface area (Å²) in [5.41, 5.74) is 1.72. The van der Waals surface area contributed by atoms with Crippen molar-refractivity contribution in [1.82, 2.24) is 29.5 Å². The van der Waals surface area contributed by atoms with E-state index in [0.29, 0.717) is 29.3 Å². The van der Waals surface area contributed by atoms with Gasteiger partial charge in [-0.15, -0.1) is 10.2 Å². The monoisotopic (exact) mass is 378 g/mol. The second kappa shape index (κ2) is 7.10. The van der Waals surface area contributed by atoms with Crippen LogP contribution < -0.4 is 15.6 Å². The highest BCUT2D eigenvalue weighted by Gasteiger charge is 2.17. The van der Waals surface area contributed by atoms with Crippen molar-refractivity contribution in [2.45, 2.75) is 20.0 Å². The number of carbonyl (C=O) groups is 1. The summed E-state index contributed by atoms with van der Waals surface area (Å²) in [6, 6.07) is 10.9. The summed E-state index contributed by atoms with van der Waals surface area (Å²) >= 11 is 0. The topological polar surface area (TPSA) is 103 Å². The molecule has 3 aromatic heterocycles. The van der Waals surface area contributed by atoms with Gasteiger partial charge >= 0.3 is 0 Å². The van der Waals surface area contributed by atoms with Gasteiger partial charge in [0, 0.05) is 12.7 Å². The van der Waals surface area contributed by atoms with Crippen molar-refractivity contribution in [1.29, 1.82) is 0 Å². The van der Waals surface area contributed by atoms with E-state index in [1.54, 1.807) is 36.8 Å². The Morgan fingerprint density at radius 1 is 1.18 bits per heavy atom. The van der Waals surface area contributed by atoms with Crippen LogP contribution in [0.1, 0.15) is 11.4 Å². The van der Waals surface area contributed by atoms with Gasteiger partial charge in [-0.1, -0.05) is 12.1 Å². The van der Waals surface area contributed by atoms with Crippen molar-refractivity contribution in [3.8, 4) is 5.75 Å². The second-order valence-corrected chi connectivity index (χ2v) is 6.27. The third-order valence-electron chi connectivity index (χ3n) is 4.46. The number of pyridine rings is 1. The second-order valence-electron chi connectivity index (χ2n) is 6.27. The summed E-state index contributed by atoms with van der Waals surface area (Å²) in [7, 11) is 1.59. The Kier molecular flexibility index (Phi) is 4.48. The summed E-state index contributed by atoms with van der Waals surface area (Å²) in [6.07, 6.45) is 1.62. The quantitative estimate of drug-likeness (QED) is 0.557. The van der Waals surface area contributed by atoms with E-state index in [1.165, 1.54) is 4.57 Å². The maximum Gasteiger partial charge on any atom is 0.297 e. The lowest BCUT2D eigenvalue weighted by Gasteiger charge is -2.12. The molecule has 9 nitrogen and oxygen atoms in total. The van der Waals surface area contributed by atoms with Gasteiger partial charge < -0.3 is 10.1 Å². The normalized spacial score (nSPS) is 11.1. The number of amides is 1. The number of ether oxygens (including phenoxy) is 1. The van der Waals surface area contributed by atoms with Gasteiger partial charge in [0.05, 0.1) is 12.6 Å². The number of fused-ring (bicyclic) bond motifs is 3. The van der Waals surface area contributed by atoms with E-state index in [2.05, 4.69) is 20.5 Å². The van der Waals surface area contributed by atoms with Crippen LogP contribution in [0.3, 0.4) is 0 Å². The molecule has 0 aliphatic heterocycles. The lowest BCUT2D eigenvalue weighted by Crippen LogP contribution is -2.33. The highest BCUT2D eigenvalue weighted by Crippen LogP contribution is 2.13. The molecule has 1 N–H and O–H groups in total. The molecule has 4 aromatic rings. The van der Waals surface area contributed by atoms with Crippen LogP contribution in [0.5, 0.6) is 5.75 Å². The number of carbonyl (C=O) groups excluding carboxylic acids is 1. The van der Waals surface area contributed by atoms with Gasteiger partial charge in [0.2, 0.25) is 11.6 Å². The number of hydrogen-bond donors (Lipinski definition) is 1. The fourth-order valence-corrected chi connectivity index (χ4v) is 3.10. The van der Waals surface area contributed by atoms with Crippen molar-refractivity contribution in [2.75, 3.05) is 7.11 Å². The molecule has 0 aliphatic carbocycles. The predicted molar refractivity (Wildman–Crippen MR) is 102 cm³/mol. The average Bonchev–Trinajstić information content (AvgIpc) is 3.11. The van der Waals surface area contributed by atoms with Gasteiger partial charge in [-0.05, 0) is 36.8 Å². The number of rotatable bonds is 5. The summed E-state index contributed by atoms with van der Waals surface area (Å²) in [6.45, 7) is 1.93. The Morgan fingerprint density at radius 2 is 2.04 bits per heavy atom. The van der Waals surface area contributed by atoms with E-state index >= 15 is 0 Å². The van der Waals surface area contributed by atoms with E-state index < -0.39 is 5.56 Å². The molecule has 0 radical (unpaired) electrons. The molecule has 28 heavy (non-hydrogen) atoms. The van der Waals surface area contributed by atoms with Crippen LogP contribution in [0.15, 0.2) is 47.4 Å². The maximum absolute atomic E-state index is 12.9. The summed E-state index contributed by atoms with van der Waals surface area (Å²) in [5.74, 6) is 0.980.